The fraction of sp³-hybridized carbons (Fsp3) is 0.500. The molecular weight excluding hydrogens is 261 g/mol. The summed E-state index contributed by atoms with van der Waals surface area (Å²) in [5.41, 5.74) is -0.188. The monoisotopic (exact) mass is 281 g/mol. The maximum atomic E-state index is 13.0. The van der Waals surface area contributed by atoms with Gasteiger partial charge in [0.2, 0.25) is 0 Å². The number of benzene rings is 1. The lowest BCUT2D eigenvalue weighted by molar-refractivity contribution is 0.0194. The Morgan fingerprint density at radius 3 is 3.00 bits per heavy atom. The first-order valence-corrected chi connectivity index (χ1v) is 6.77. The molecule has 0 spiro atoms. The minimum atomic E-state index is -0.881. The van der Waals surface area contributed by atoms with Crippen molar-refractivity contribution in [1.29, 1.82) is 0 Å². The number of rotatable bonds is 4. The Balaban J connectivity index is 1.72. The number of halogens is 1. The normalized spacial score (nSPS) is 22.3. The number of hydrogen-bond acceptors (Lipinski definition) is 3. The molecule has 0 radical (unpaired) electrons. The number of amides is 2. The van der Waals surface area contributed by atoms with Crippen molar-refractivity contribution in [3.63, 3.8) is 0 Å². The van der Waals surface area contributed by atoms with Gasteiger partial charge in [-0.1, -0.05) is 12.1 Å². The fourth-order valence-corrected chi connectivity index (χ4v) is 2.24. The van der Waals surface area contributed by atoms with Crippen LogP contribution in [0.5, 0.6) is 0 Å². The number of aliphatic hydroxyl groups is 1. The standard InChI is InChI=1S/C14H20FN3O2/c15-12-4-1-3-11(7-12)8-17-13(19)18-10-14(20)5-2-6-16-9-14/h1,3-4,7,16,20H,2,5-6,8-10H2,(H2,17,18,19)/t14-/m1/s1. The van der Waals surface area contributed by atoms with E-state index >= 15 is 0 Å². The third kappa shape index (κ3) is 4.47. The summed E-state index contributed by atoms with van der Waals surface area (Å²) in [5, 5.41) is 18.6. The summed E-state index contributed by atoms with van der Waals surface area (Å²) in [6, 6.07) is 5.70. The van der Waals surface area contributed by atoms with Gasteiger partial charge in [-0.2, -0.15) is 0 Å². The van der Waals surface area contributed by atoms with Crippen LogP contribution in [0.1, 0.15) is 18.4 Å². The molecule has 4 N–H and O–H groups in total. The van der Waals surface area contributed by atoms with E-state index < -0.39 is 5.60 Å². The zero-order valence-corrected chi connectivity index (χ0v) is 11.3. The molecule has 20 heavy (non-hydrogen) atoms. The van der Waals surface area contributed by atoms with Crippen molar-refractivity contribution in [2.24, 2.45) is 0 Å². The summed E-state index contributed by atoms with van der Waals surface area (Å²) in [5.74, 6) is -0.327. The molecule has 2 rings (SSSR count). The topological polar surface area (TPSA) is 73.4 Å². The van der Waals surface area contributed by atoms with E-state index in [-0.39, 0.29) is 24.9 Å². The Labute approximate surface area is 117 Å². The molecule has 0 unspecified atom stereocenters. The van der Waals surface area contributed by atoms with E-state index in [9.17, 15) is 14.3 Å². The number of urea groups is 1. The zero-order valence-electron chi connectivity index (χ0n) is 11.3. The van der Waals surface area contributed by atoms with E-state index in [2.05, 4.69) is 16.0 Å². The van der Waals surface area contributed by atoms with Crippen LogP contribution in [-0.4, -0.2) is 36.4 Å². The van der Waals surface area contributed by atoms with Crippen LogP contribution in [-0.2, 0) is 6.54 Å². The van der Waals surface area contributed by atoms with Crippen molar-refractivity contribution in [3.05, 3.63) is 35.6 Å². The lowest BCUT2D eigenvalue weighted by Crippen LogP contribution is -2.54. The molecular formula is C14H20FN3O2. The maximum Gasteiger partial charge on any atom is 0.315 e. The van der Waals surface area contributed by atoms with Gasteiger partial charge in [0.05, 0.1) is 5.60 Å². The van der Waals surface area contributed by atoms with E-state index in [1.165, 1.54) is 12.1 Å². The number of carbonyl (C=O) groups is 1. The Morgan fingerprint density at radius 1 is 1.45 bits per heavy atom. The van der Waals surface area contributed by atoms with E-state index in [4.69, 9.17) is 0 Å². The van der Waals surface area contributed by atoms with Gasteiger partial charge in [0, 0.05) is 19.6 Å². The zero-order chi connectivity index (χ0) is 14.4. The number of hydrogen-bond donors (Lipinski definition) is 4. The Kier molecular flexibility index (Phi) is 4.92. The molecule has 1 aliphatic heterocycles. The lowest BCUT2D eigenvalue weighted by Gasteiger charge is -2.32. The molecule has 1 aliphatic rings. The molecule has 5 nitrogen and oxygen atoms in total. The average molecular weight is 281 g/mol. The summed E-state index contributed by atoms with van der Waals surface area (Å²) >= 11 is 0. The van der Waals surface area contributed by atoms with Gasteiger partial charge in [-0.05, 0) is 37.1 Å². The first kappa shape index (κ1) is 14.7. The van der Waals surface area contributed by atoms with Crippen LogP contribution in [0.25, 0.3) is 0 Å². The quantitative estimate of drug-likeness (QED) is 0.658. The Bertz CT molecular complexity index is 461. The van der Waals surface area contributed by atoms with E-state index in [0.29, 0.717) is 18.5 Å². The van der Waals surface area contributed by atoms with Gasteiger partial charge >= 0.3 is 6.03 Å². The van der Waals surface area contributed by atoms with Crippen LogP contribution >= 0.6 is 0 Å². The Morgan fingerprint density at radius 2 is 2.30 bits per heavy atom. The molecule has 0 aromatic heterocycles. The Hall–Kier alpha value is -1.66. The van der Waals surface area contributed by atoms with Gasteiger partial charge in [0.15, 0.2) is 0 Å². The largest absolute Gasteiger partial charge is 0.387 e. The van der Waals surface area contributed by atoms with E-state index in [1.54, 1.807) is 12.1 Å². The van der Waals surface area contributed by atoms with Crippen molar-refractivity contribution in [3.8, 4) is 0 Å². The number of β-amino-alcohol motifs (C(OH)–C–C–N with tert-alkyl or cyclic N) is 1. The molecule has 1 aromatic rings. The van der Waals surface area contributed by atoms with Crippen LogP contribution in [0.2, 0.25) is 0 Å². The van der Waals surface area contributed by atoms with Crippen molar-refractivity contribution >= 4 is 6.03 Å². The second-order valence-electron chi connectivity index (χ2n) is 5.17. The molecule has 6 heteroatoms. The summed E-state index contributed by atoms with van der Waals surface area (Å²) in [4.78, 5) is 11.6. The molecule has 2 amide bonds. The van der Waals surface area contributed by atoms with Gasteiger partial charge in [-0.25, -0.2) is 9.18 Å². The van der Waals surface area contributed by atoms with Crippen LogP contribution in [0.15, 0.2) is 24.3 Å². The van der Waals surface area contributed by atoms with Crippen molar-refractivity contribution < 1.29 is 14.3 Å². The average Bonchev–Trinajstić information content (AvgIpc) is 2.44. The van der Waals surface area contributed by atoms with Crippen molar-refractivity contribution in [2.75, 3.05) is 19.6 Å². The van der Waals surface area contributed by atoms with Gasteiger partial charge in [-0.15, -0.1) is 0 Å². The maximum absolute atomic E-state index is 13.0. The predicted octanol–water partition coefficient (Wildman–Crippen LogP) is 0.739. The minimum absolute atomic E-state index is 0.203. The highest BCUT2D eigenvalue weighted by Gasteiger charge is 2.29. The molecule has 1 heterocycles. The van der Waals surface area contributed by atoms with Crippen LogP contribution in [0.4, 0.5) is 9.18 Å². The van der Waals surface area contributed by atoms with Gasteiger partial charge in [0.1, 0.15) is 5.82 Å². The second-order valence-corrected chi connectivity index (χ2v) is 5.17. The first-order valence-electron chi connectivity index (χ1n) is 6.77. The summed E-state index contributed by atoms with van der Waals surface area (Å²) in [7, 11) is 0. The molecule has 1 aromatic carbocycles. The van der Waals surface area contributed by atoms with Gasteiger partial charge in [-0.3, -0.25) is 0 Å². The number of piperidine rings is 1. The molecule has 0 saturated carbocycles. The van der Waals surface area contributed by atoms with Crippen molar-refractivity contribution in [1.82, 2.24) is 16.0 Å². The van der Waals surface area contributed by atoms with E-state index in [0.717, 1.165) is 13.0 Å². The summed E-state index contributed by atoms with van der Waals surface area (Å²) < 4.78 is 13.0. The number of carbonyl (C=O) groups excluding carboxylic acids is 1. The second kappa shape index (κ2) is 6.67. The lowest BCUT2D eigenvalue weighted by atomic mass is 9.94. The van der Waals surface area contributed by atoms with Crippen LogP contribution in [0.3, 0.4) is 0 Å². The highest BCUT2D eigenvalue weighted by molar-refractivity contribution is 5.73. The predicted molar refractivity (Wildman–Crippen MR) is 73.7 cm³/mol. The molecule has 1 fully saturated rings. The van der Waals surface area contributed by atoms with Crippen LogP contribution < -0.4 is 16.0 Å². The number of nitrogens with one attached hydrogen (secondary N) is 3. The van der Waals surface area contributed by atoms with Crippen molar-refractivity contribution in [2.45, 2.75) is 25.0 Å². The summed E-state index contributed by atoms with van der Waals surface area (Å²) in [6.45, 7) is 1.83. The highest BCUT2D eigenvalue weighted by Crippen LogP contribution is 2.14. The smallest absolute Gasteiger partial charge is 0.315 e. The van der Waals surface area contributed by atoms with Crippen LogP contribution in [0, 0.1) is 5.82 Å². The fourth-order valence-electron chi connectivity index (χ4n) is 2.24. The molecule has 1 atom stereocenters. The van der Waals surface area contributed by atoms with Gasteiger partial charge < -0.3 is 21.1 Å². The molecule has 0 bridgehead atoms. The summed E-state index contributed by atoms with van der Waals surface area (Å²) in [6.07, 6.45) is 1.56. The minimum Gasteiger partial charge on any atom is -0.387 e. The molecule has 0 aliphatic carbocycles. The third-order valence-electron chi connectivity index (χ3n) is 3.37. The molecule has 110 valence electrons. The van der Waals surface area contributed by atoms with E-state index in [1.807, 2.05) is 0 Å². The van der Waals surface area contributed by atoms with Gasteiger partial charge in [0.25, 0.3) is 0 Å². The molecule has 1 saturated heterocycles. The SMILES string of the molecule is O=C(NCc1cccc(F)c1)NC[C@@]1(O)CCCNC1. The first-order chi connectivity index (χ1) is 9.57. The third-order valence-corrected chi connectivity index (χ3v) is 3.37. The highest BCUT2D eigenvalue weighted by atomic mass is 19.1.